The van der Waals surface area contributed by atoms with E-state index >= 15 is 0 Å². The second-order valence-corrected chi connectivity index (χ2v) is 21.6. The largest absolute Gasteiger partial charge is 0.462 e. The summed E-state index contributed by atoms with van der Waals surface area (Å²) in [5.41, 5.74) is 0. The number of ether oxygens (including phenoxy) is 3. The molecule has 0 aliphatic carbocycles. The number of carbonyl (C=O) groups excluding carboxylic acids is 3. The van der Waals surface area contributed by atoms with Crippen molar-refractivity contribution in [1.82, 2.24) is 0 Å². The summed E-state index contributed by atoms with van der Waals surface area (Å²) in [6.07, 6.45) is 84.6. The normalized spacial score (nSPS) is 12.6. The van der Waals surface area contributed by atoms with E-state index < -0.39 is 6.10 Å². The monoisotopic (exact) mass is 1060 g/mol. The molecule has 0 saturated carbocycles. The zero-order chi connectivity index (χ0) is 55.0. The lowest BCUT2D eigenvalue weighted by molar-refractivity contribution is -0.167. The van der Waals surface area contributed by atoms with Crippen LogP contribution in [0.15, 0.2) is 85.1 Å². The Bertz CT molecular complexity index is 1450. The molecule has 0 fully saturated rings. The number of hydrogen-bond acceptors (Lipinski definition) is 6. The molecule has 6 nitrogen and oxygen atoms in total. The van der Waals surface area contributed by atoms with Crippen LogP contribution in [-0.4, -0.2) is 37.2 Å². The van der Waals surface area contributed by atoms with E-state index in [0.717, 1.165) is 109 Å². The molecule has 0 spiro atoms. The molecule has 0 N–H and O–H groups in total. The standard InChI is InChI=1S/C70H122O6/c1-4-7-10-13-16-19-22-24-26-28-30-32-34-35-37-38-40-42-44-46-48-51-54-57-60-63-69(72)75-66-67(65-74-68(71)62-59-56-53-50-21-18-15-12-9-6-3)76-70(73)64-61-58-55-52-49-47-45-43-41-39-36-33-31-29-27-25-23-20-17-14-11-8-5-2/h8,11,17,20,25,27-28,30-31,33,39,41,45,47,67H,4-7,9-10,12-16,18-19,21-24,26,29,32,34-38,40,42-44,46,48-66H2,1-3H3/b11-8-,20-17-,27-25-,30-28-,33-31-,41-39-,47-45-. The van der Waals surface area contributed by atoms with Gasteiger partial charge in [-0.25, -0.2) is 0 Å². The van der Waals surface area contributed by atoms with Crippen LogP contribution in [0.2, 0.25) is 0 Å². The van der Waals surface area contributed by atoms with Gasteiger partial charge in [0.2, 0.25) is 0 Å². The van der Waals surface area contributed by atoms with E-state index in [2.05, 4.69) is 106 Å². The number of allylic oxidation sites excluding steroid dienone is 14. The van der Waals surface area contributed by atoms with Crippen molar-refractivity contribution >= 4 is 17.9 Å². The Hall–Kier alpha value is -3.41. The topological polar surface area (TPSA) is 78.9 Å². The molecule has 0 rings (SSSR count). The minimum atomic E-state index is -0.789. The van der Waals surface area contributed by atoms with E-state index in [4.69, 9.17) is 14.2 Å². The number of carbonyl (C=O) groups is 3. The zero-order valence-electron chi connectivity index (χ0n) is 50.3. The van der Waals surface area contributed by atoms with Gasteiger partial charge in [0.1, 0.15) is 13.2 Å². The quantitative estimate of drug-likeness (QED) is 0.0261. The first-order chi connectivity index (χ1) is 37.5. The van der Waals surface area contributed by atoms with Crippen LogP contribution >= 0.6 is 0 Å². The molecule has 0 aromatic rings. The van der Waals surface area contributed by atoms with Crippen molar-refractivity contribution in [3.05, 3.63) is 85.1 Å². The van der Waals surface area contributed by atoms with Gasteiger partial charge in [-0.3, -0.25) is 14.4 Å². The first kappa shape index (κ1) is 72.6. The number of esters is 3. The van der Waals surface area contributed by atoms with Gasteiger partial charge in [0, 0.05) is 19.3 Å². The van der Waals surface area contributed by atoms with Crippen LogP contribution in [-0.2, 0) is 28.6 Å². The predicted octanol–water partition coefficient (Wildman–Crippen LogP) is 22.3. The van der Waals surface area contributed by atoms with Gasteiger partial charge >= 0.3 is 17.9 Å². The van der Waals surface area contributed by atoms with E-state index in [1.54, 1.807) is 0 Å². The maximum atomic E-state index is 12.9. The summed E-state index contributed by atoms with van der Waals surface area (Å²) < 4.78 is 16.9. The Balaban J connectivity index is 4.28. The molecule has 1 atom stereocenters. The Morgan fingerprint density at radius 3 is 0.816 bits per heavy atom. The van der Waals surface area contributed by atoms with Crippen molar-refractivity contribution in [2.24, 2.45) is 0 Å². The Morgan fingerprint density at radius 2 is 0.513 bits per heavy atom. The molecule has 0 aromatic carbocycles. The van der Waals surface area contributed by atoms with Crippen molar-refractivity contribution in [2.75, 3.05) is 13.2 Å². The average Bonchev–Trinajstić information content (AvgIpc) is 3.42. The highest BCUT2D eigenvalue weighted by molar-refractivity contribution is 5.71. The van der Waals surface area contributed by atoms with Crippen molar-refractivity contribution < 1.29 is 28.6 Å². The summed E-state index contributed by atoms with van der Waals surface area (Å²) in [6.45, 7) is 6.52. The van der Waals surface area contributed by atoms with E-state index in [9.17, 15) is 14.4 Å². The smallest absolute Gasteiger partial charge is 0.306 e. The van der Waals surface area contributed by atoms with E-state index in [1.165, 1.54) is 173 Å². The second-order valence-electron chi connectivity index (χ2n) is 21.6. The molecule has 0 saturated heterocycles. The molecule has 6 heteroatoms. The zero-order valence-corrected chi connectivity index (χ0v) is 50.3. The van der Waals surface area contributed by atoms with Gasteiger partial charge in [0.15, 0.2) is 6.10 Å². The van der Waals surface area contributed by atoms with Gasteiger partial charge in [-0.2, -0.15) is 0 Å². The molecule has 0 aliphatic rings. The molecule has 1 unspecified atom stereocenters. The van der Waals surface area contributed by atoms with Crippen LogP contribution in [0, 0.1) is 0 Å². The number of unbranched alkanes of at least 4 members (excludes halogenated alkanes) is 34. The highest BCUT2D eigenvalue weighted by Gasteiger charge is 2.19. The molecular weight excluding hydrogens is 937 g/mol. The summed E-state index contributed by atoms with van der Waals surface area (Å²) in [7, 11) is 0. The van der Waals surface area contributed by atoms with Crippen LogP contribution in [0.1, 0.15) is 323 Å². The van der Waals surface area contributed by atoms with Crippen LogP contribution in [0.25, 0.3) is 0 Å². The lowest BCUT2D eigenvalue weighted by Gasteiger charge is -2.18. The Kier molecular flexibility index (Phi) is 61.2. The highest BCUT2D eigenvalue weighted by Crippen LogP contribution is 2.17. The first-order valence-electron chi connectivity index (χ1n) is 32.6. The second kappa shape index (κ2) is 64.1. The van der Waals surface area contributed by atoms with Gasteiger partial charge < -0.3 is 14.2 Å². The Morgan fingerprint density at radius 1 is 0.276 bits per heavy atom. The fourth-order valence-electron chi connectivity index (χ4n) is 9.27. The minimum absolute atomic E-state index is 0.0844. The van der Waals surface area contributed by atoms with Gasteiger partial charge in [-0.1, -0.05) is 292 Å². The molecule has 0 bridgehead atoms. The molecule has 438 valence electrons. The van der Waals surface area contributed by atoms with E-state index in [0.29, 0.717) is 19.3 Å². The van der Waals surface area contributed by atoms with Crippen LogP contribution in [0.4, 0.5) is 0 Å². The van der Waals surface area contributed by atoms with Gasteiger partial charge in [0.25, 0.3) is 0 Å². The summed E-state index contributed by atoms with van der Waals surface area (Å²) >= 11 is 0. The predicted molar refractivity (Wildman–Crippen MR) is 330 cm³/mol. The summed E-state index contributed by atoms with van der Waals surface area (Å²) in [4.78, 5) is 38.2. The fraction of sp³-hybridized carbons (Fsp3) is 0.757. The highest BCUT2D eigenvalue weighted by atomic mass is 16.6. The van der Waals surface area contributed by atoms with E-state index in [1.807, 2.05) is 0 Å². The van der Waals surface area contributed by atoms with Crippen molar-refractivity contribution in [1.29, 1.82) is 0 Å². The van der Waals surface area contributed by atoms with Crippen LogP contribution < -0.4 is 0 Å². The lowest BCUT2D eigenvalue weighted by Crippen LogP contribution is -2.30. The summed E-state index contributed by atoms with van der Waals surface area (Å²) in [6, 6.07) is 0. The first-order valence-corrected chi connectivity index (χ1v) is 32.6. The SMILES string of the molecule is CC/C=C\C/C=C\C/C=C\C/C=C\C/C=C\C/C=C\CCCCCCC(=O)OC(COC(=O)CCCCCCCCCCCC)COC(=O)CCCCCCCCCCCCCCC/C=C\CCCCCCCCCC. The van der Waals surface area contributed by atoms with Gasteiger partial charge in [-0.05, 0) is 96.3 Å². The van der Waals surface area contributed by atoms with Crippen molar-refractivity contribution in [3.63, 3.8) is 0 Å². The molecule has 0 amide bonds. The summed E-state index contributed by atoms with van der Waals surface area (Å²) in [5.74, 6) is -0.899. The summed E-state index contributed by atoms with van der Waals surface area (Å²) in [5, 5.41) is 0. The van der Waals surface area contributed by atoms with E-state index in [-0.39, 0.29) is 31.1 Å². The molecule has 0 heterocycles. The molecule has 0 aromatic heterocycles. The average molecular weight is 1060 g/mol. The molecule has 0 radical (unpaired) electrons. The molecule has 76 heavy (non-hydrogen) atoms. The maximum absolute atomic E-state index is 12.9. The number of hydrogen-bond donors (Lipinski definition) is 0. The molecule has 0 aliphatic heterocycles. The lowest BCUT2D eigenvalue weighted by atomic mass is 10.0. The maximum Gasteiger partial charge on any atom is 0.306 e. The number of rotatable bonds is 59. The third kappa shape index (κ3) is 61.4. The third-order valence-electron chi connectivity index (χ3n) is 14.1. The minimum Gasteiger partial charge on any atom is -0.462 e. The third-order valence-corrected chi connectivity index (χ3v) is 14.1. The molecular formula is C70H122O6. The Labute approximate surface area is 471 Å². The van der Waals surface area contributed by atoms with Crippen LogP contribution in [0.5, 0.6) is 0 Å². The van der Waals surface area contributed by atoms with Gasteiger partial charge in [0.05, 0.1) is 0 Å². The van der Waals surface area contributed by atoms with Crippen molar-refractivity contribution in [3.8, 4) is 0 Å². The van der Waals surface area contributed by atoms with Crippen LogP contribution in [0.3, 0.4) is 0 Å². The van der Waals surface area contributed by atoms with Gasteiger partial charge in [-0.15, -0.1) is 0 Å². The fourth-order valence-corrected chi connectivity index (χ4v) is 9.27. The van der Waals surface area contributed by atoms with Crippen molar-refractivity contribution in [2.45, 2.75) is 329 Å².